The molecule has 94 valence electrons. The Hall–Kier alpha value is -0.650. The minimum Gasteiger partial charge on any atom is -0.459 e. The van der Waals surface area contributed by atoms with Gasteiger partial charge in [-0.3, -0.25) is 9.69 Å². The number of ether oxygens (including phenoxy) is 1. The van der Waals surface area contributed by atoms with E-state index in [0.717, 1.165) is 19.6 Å². The van der Waals surface area contributed by atoms with Gasteiger partial charge >= 0.3 is 5.97 Å². The lowest BCUT2D eigenvalue weighted by Gasteiger charge is -2.35. The summed E-state index contributed by atoms with van der Waals surface area (Å²) in [6.07, 6.45) is 0. The third kappa shape index (κ3) is 4.47. The Bertz CT molecular complexity index is 238. The molecule has 3 N–H and O–H groups in total. The van der Waals surface area contributed by atoms with Gasteiger partial charge in [0.15, 0.2) is 0 Å². The zero-order valence-electron chi connectivity index (χ0n) is 10.5. The van der Waals surface area contributed by atoms with E-state index in [2.05, 4.69) is 10.2 Å². The molecule has 1 aliphatic rings. The number of piperazine rings is 1. The second-order valence-corrected chi connectivity index (χ2v) is 5.15. The average molecular weight is 229 g/mol. The average Bonchev–Trinajstić information content (AvgIpc) is 2.15. The topological polar surface area (TPSA) is 67.6 Å². The smallest absolute Gasteiger partial charge is 0.320 e. The lowest BCUT2D eigenvalue weighted by molar-refractivity contribution is -0.156. The maximum absolute atomic E-state index is 11.7. The number of nitrogens with one attached hydrogen (secondary N) is 1. The number of rotatable bonds is 3. The maximum Gasteiger partial charge on any atom is 0.320 e. The van der Waals surface area contributed by atoms with Crippen molar-refractivity contribution in [2.75, 3.05) is 32.7 Å². The highest BCUT2D eigenvalue weighted by atomic mass is 16.6. The first kappa shape index (κ1) is 13.4. The summed E-state index contributed by atoms with van der Waals surface area (Å²) in [5.74, 6) is -0.173. The molecule has 5 nitrogen and oxygen atoms in total. The van der Waals surface area contributed by atoms with E-state index in [1.165, 1.54) is 0 Å². The van der Waals surface area contributed by atoms with Crippen LogP contribution in [-0.4, -0.2) is 55.2 Å². The summed E-state index contributed by atoms with van der Waals surface area (Å²) < 4.78 is 5.29. The van der Waals surface area contributed by atoms with Gasteiger partial charge in [-0.2, -0.15) is 0 Å². The third-order valence-corrected chi connectivity index (χ3v) is 2.50. The number of carbonyl (C=O) groups is 1. The van der Waals surface area contributed by atoms with Crippen LogP contribution in [0.2, 0.25) is 0 Å². The molecule has 0 bridgehead atoms. The molecule has 5 heteroatoms. The molecule has 1 aliphatic heterocycles. The lowest BCUT2D eigenvalue weighted by atomic mass is 10.2. The molecule has 0 radical (unpaired) electrons. The molecule has 1 heterocycles. The monoisotopic (exact) mass is 229 g/mol. The van der Waals surface area contributed by atoms with Gasteiger partial charge in [-0.05, 0) is 20.8 Å². The number of esters is 1. The molecule has 0 aliphatic carbocycles. The zero-order chi connectivity index (χ0) is 12.2. The maximum atomic E-state index is 11.7. The predicted octanol–water partition coefficient (Wildman–Crippen LogP) is -0.439. The molecule has 0 aromatic carbocycles. The van der Waals surface area contributed by atoms with Gasteiger partial charge in [0, 0.05) is 32.2 Å². The van der Waals surface area contributed by atoms with Crippen molar-refractivity contribution < 1.29 is 9.53 Å². The van der Waals surface area contributed by atoms with E-state index in [0.29, 0.717) is 13.1 Å². The molecule has 1 saturated heterocycles. The van der Waals surface area contributed by atoms with Crippen LogP contribution in [0.3, 0.4) is 0 Å². The molecular weight excluding hydrogens is 206 g/mol. The quantitative estimate of drug-likeness (QED) is 0.642. The SMILES string of the molecule is CC(C)(C)OC(=O)CN1CCNCC1CN. The van der Waals surface area contributed by atoms with E-state index in [1.807, 2.05) is 20.8 Å². The number of nitrogens with two attached hydrogens (primary N) is 1. The second-order valence-electron chi connectivity index (χ2n) is 5.15. The molecular formula is C11H23N3O2. The standard InChI is InChI=1S/C11H23N3O2/c1-11(2,3)16-10(15)8-14-5-4-13-7-9(14)6-12/h9,13H,4-8,12H2,1-3H3. The second kappa shape index (κ2) is 5.61. The first-order valence-corrected chi connectivity index (χ1v) is 5.79. The van der Waals surface area contributed by atoms with Crippen LogP contribution < -0.4 is 11.1 Å². The van der Waals surface area contributed by atoms with Gasteiger partial charge < -0.3 is 15.8 Å². The van der Waals surface area contributed by atoms with Crippen LogP contribution in [-0.2, 0) is 9.53 Å². The Kier molecular flexibility index (Phi) is 4.70. The van der Waals surface area contributed by atoms with Gasteiger partial charge in [0.2, 0.25) is 0 Å². The van der Waals surface area contributed by atoms with Crippen molar-refractivity contribution in [3.05, 3.63) is 0 Å². The van der Waals surface area contributed by atoms with Crippen molar-refractivity contribution in [1.82, 2.24) is 10.2 Å². The van der Waals surface area contributed by atoms with Crippen molar-refractivity contribution in [3.8, 4) is 0 Å². The van der Waals surface area contributed by atoms with E-state index < -0.39 is 5.60 Å². The Balaban J connectivity index is 2.42. The summed E-state index contributed by atoms with van der Waals surface area (Å²) in [6, 6.07) is 0.237. The predicted molar refractivity (Wildman–Crippen MR) is 63.1 cm³/mol. The van der Waals surface area contributed by atoms with Crippen molar-refractivity contribution in [3.63, 3.8) is 0 Å². The molecule has 1 atom stereocenters. The van der Waals surface area contributed by atoms with Gasteiger partial charge in [0.25, 0.3) is 0 Å². The van der Waals surface area contributed by atoms with Crippen LogP contribution >= 0.6 is 0 Å². The van der Waals surface area contributed by atoms with Crippen molar-refractivity contribution in [2.45, 2.75) is 32.4 Å². The fourth-order valence-electron chi connectivity index (χ4n) is 1.78. The Labute approximate surface area is 97.3 Å². The van der Waals surface area contributed by atoms with Gasteiger partial charge in [-0.15, -0.1) is 0 Å². The number of carbonyl (C=O) groups excluding carboxylic acids is 1. The molecule has 1 rings (SSSR count). The number of hydrogen-bond acceptors (Lipinski definition) is 5. The van der Waals surface area contributed by atoms with Crippen LogP contribution in [0.4, 0.5) is 0 Å². The molecule has 16 heavy (non-hydrogen) atoms. The van der Waals surface area contributed by atoms with E-state index in [9.17, 15) is 4.79 Å². The van der Waals surface area contributed by atoms with Crippen molar-refractivity contribution in [2.24, 2.45) is 5.73 Å². The van der Waals surface area contributed by atoms with Crippen LogP contribution in [0.5, 0.6) is 0 Å². The minimum atomic E-state index is -0.413. The highest BCUT2D eigenvalue weighted by Gasteiger charge is 2.25. The molecule has 0 amide bonds. The summed E-state index contributed by atoms with van der Waals surface area (Å²) >= 11 is 0. The lowest BCUT2D eigenvalue weighted by Crippen LogP contribution is -2.56. The molecule has 0 aromatic heterocycles. The van der Waals surface area contributed by atoms with Gasteiger partial charge in [0.05, 0.1) is 6.54 Å². The fourth-order valence-corrected chi connectivity index (χ4v) is 1.78. The fraction of sp³-hybridized carbons (Fsp3) is 0.909. The van der Waals surface area contributed by atoms with Gasteiger partial charge in [-0.25, -0.2) is 0 Å². The van der Waals surface area contributed by atoms with Crippen molar-refractivity contribution in [1.29, 1.82) is 0 Å². The summed E-state index contributed by atoms with van der Waals surface area (Å²) in [5, 5.41) is 3.26. The summed E-state index contributed by atoms with van der Waals surface area (Å²) in [5.41, 5.74) is 5.25. The van der Waals surface area contributed by atoms with Gasteiger partial charge in [-0.1, -0.05) is 0 Å². The highest BCUT2D eigenvalue weighted by Crippen LogP contribution is 2.09. The largest absolute Gasteiger partial charge is 0.459 e. The molecule has 0 spiro atoms. The molecule has 1 fully saturated rings. The van der Waals surface area contributed by atoms with Crippen LogP contribution in [0.25, 0.3) is 0 Å². The summed E-state index contributed by atoms with van der Waals surface area (Å²) in [7, 11) is 0. The highest BCUT2D eigenvalue weighted by molar-refractivity contribution is 5.72. The van der Waals surface area contributed by atoms with E-state index in [4.69, 9.17) is 10.5 Å². The van der Waals surface area contributed by atoms with Crippen LogP contribution in [0.15, 0.2) is 0 Å². The zero-order valence-corrected chi connectivity index (χ0v) is 10.5. The van der Waals surface area contributed by atoms with E-state index in [-0.39, 0.29) is 12.0 Å². The van der Waals surface area contributed by atoms with Crippen molar-refractivity contribution >= 4 is 5.97 Å². The first-order chi connectivity index (χ1) is 7.42. The van der Waals surface area contributed by atoms with E-state index >= 15 is 0 Å². The first-order valence-electron chi connectivity index (χ1n) is 5.79. The number of nitrogens with zero attached hydrogens (tertiary/aromatic N) is 1. The molecule has 0 saturated carbocycles. The van der Waals surface area contributed by atoms with Gasteiger partial charge in [0.1, 0.15) is 5.60 Å². The summed E-state index contributed by atoms with van der Waals surface area (Å²) in [6.45, 7) is 9.13. The van der Waals surface area contributed by atoms with Crippen LogP contribution in [0, 0.1) is 0 Å². The normalized spacial score (nSPS) is 23.1. The van der Waals surface area contributed by atoms with E-state index in [1.54, 1.807) is 0 Å². The Morgan fingerprint density at radius 2 is 2.25 bits per heavy atom. The minimum absolute atomic E-state index is 0.173. The Morgan fingerprint density at radius 3 is 2.81 bits per heavy atom. The molecule has 1 unspecified atom stereocenters. The summed E-state index contributed by atoms with van der Waals surface area (Å²) in [4.78, 5) is 13.8. The van der Waals surface area contributed by atoms with Crippen LogP contribution in [0.1, 0.15) is 20.8 Å². The molecule has 0 aromatic rings. The third-order valence-electron chi connectivity index (χ3n) is 2.50. The Morgan fingerprint density at radius 1 is 1.56 bits per heavy atom. The number of hydrogen-bond donors (Lipinski definition) is 2.